The summed E-state index contributed by atoms with van der Waals surface area (Å²) in [6.07, 6.45) is 8.21. The quantitative estimate of drug-likeness (QED) is 0.821. The first kappa shape index (κ1) is 12.1. The first-order valence-corrected chi connectivity index (χ1v) is 6.92. The second-order valence-electron chi connectivity index (χ2n) is 5.12. The summed E-state index contributed by atoms with van der Waals surface area (Å²) >= 11 is 0. The predicted molar refractivity (Wildman–Crippen MR) is 75.7 cm³/mol. The molecule has 0 bridgehead atoms. The van der Waals surface area contributed by atoms with Crippen molar-refractivity contribution in [3.05, 3.63) is 36.5 Å². The molecule has 2 N–H and O–H groups in total. The maximum absolute atomic E-state index is 9.30. The molecule has 0 atom stereocenters. The van der Waals surface area contributed by atoms with Crippen molar-refractivity contribution in [1.29, 1.82) is 0 Å². The molecule has 0 spiro atoms. The van der Waals surface area contributed by atoms with Gasteiger partial charge in [0.2, 0.25) is 0 Å². The fourth-order valence-corrected chi connectivity index (χ4v) is 2.72. The number of benzene rings is 1. The van der Waals surface area contributed by atoms with Crippen LogP contribution in [-0.2, 0) is 0 Å². The summed E-state index contributed by atoms with van der Waals surface area (Å²) in [4.78, 5) is 0. The van der Waals surface area contributed by atoms with Crippen LogP contribution >= 0.6 is 0 Å². The molecule has 4 heteroatoms. The molecule has 100 valence electrons. The van der Waals surface area contributed by atoms with Crippen LogP contribution in [0.2, 0.25) is 0 Å². The molecule has 0 saturated heterocycles. The lowest BCUT2D eigenvalue weighted by Gasteiger charge is -2.24. The maximum atomic E-state index is 9.30. The topological polar surface area (TPSA) is 50.1 Å². The maximum Gasteiger partial charge on any atom is 0.128 e. The highest BCUT2D eigenvalue weighted by atomic mass is 16.3. The van der Waals surface area contributed by atoms with E-state index in [-0.39, 0.29) is 5.75 Å². The van der Waals surface area contributed by atoms with Gasteiger partial charge in [0.15, 0.2) is 0 Å². The summed E-state index contributed by atoms with van der Waals surface area (Å²) in [6, 6.07) is 9.62. The molecule has 0 aliphatic heterocycles. The third-order valence-corrected chi connectivity index (χ3v) is 3.73. The number of aromatic nitrogens is 2. The number of aromatic hydroxyl groups is 1. The van der Waals surface area contributed by atoms with Crippen LogP contribution in [0.15, 0.2) is 36.5 Å². The molecule has 4 nitrogen and oxygen atoms in total. The Morgan fingerprint density at radius 1 is 1.05 bits per heavy atom. The van der Waals surface area contributed by atoms with E-state index in [9.17, 15) is 5.11 Å². The summed E-state index contributed by atoms with van der Waals surface area (Å²) in [7, 11) is 0. The molecule has 1 fully saturated rings. The molecule has 1 aromatic heterocycles. The van der Waals surface area contributed by atoms with Crippen molar-refractivity contribution in [3.8, 4) is 5.75 Å². The predicted octanol–water partition coefficient (Wildman–Crippen LogP) is 3.84. The Morgan fingerprint density at radius 2 is 1.79 bits per heavy atom. The largest absolute Gasteiger partial charge is 0.508 e. The zero-order valence-electron chi connectivity index (χ0n) is 10.9. The van der Waals surface area contributed by atoms with Crippen LogP contribution in [-0.4, -0.2) is 14.9 Å². The molecule has 1 aromatic carbocycles. The summed E-state index contributed by atoms with van der Waals surface area (Å²) < 4.78 is 2.10. The molecule has 1 heterocycles. The van der Waals surface area contributed by atoms with Gasteiger partial charge in [-0.25, -0.2) is 4.68 Å². The van der Waals surface area contributed by atoms with Gasteiger partial charge in [-0.05, 0) is 37.1 Å². The average Bonchev–Trinajstić information content (AvgIpc) is 2.90. The SMILES string of the molecule is Oc1ccc(Nc2ccnn2C2CCCCC2)cc1. The molecule has 0 radical (unpaired) electrons. The highest BCUT2D eigenvalue weighted by molar-refractivity contribution is 5.57. The highest BCUT2D eigenvalue weighted by Crippen LogP contribution is 2.31. The number of nitrogens with one attached hydrogen (secondary N) is 1. The van der Waals surface area contributed by atoms with Crippen LogP contribution in [0.3, 0.4) is 0 Å². The van der Waals surface area contributed by atoms with Crippen molar-refractivity contribution in [2.24, 2.45) is 0 Å². The lowest BCUT2D eigenvalue weighted by molar-refractivity contribution is 0.333. The van der Waals surface area contributed by atoms with Crippen LogP contribution in [0.25, 0.3) is 0 Å². The number of phenolic OH excluding ortho intramolecular Hbond substituents is 1. The third kappa shape index (κ3) is 2.72. The summed E-state index contributed by atoms with van der Waals surface area (Å²) in [5, 5.41) is 17.1. The van der Waals surface area contributed by atoms with E-state index < -0.39 is 0 Å². The van der Waals surface area contributed by atoms with Crippen molar-refractivity contribution in [1.82, 2.24) is 9.78 Å². The van der Waals surface area contributed by atoms with Crippen LogP contribution in [0.5, 0.6) is 5.75 Å². The zero-order chi connectivity index (χ0) is 13.1. The Bertz CT molecular complexity index is 527. The lowest BCUT2D eigenvalue weighted by Crippen LogP contribution is -2.15. The van der Waals surface area contributed by atoms with E-state index in [0.29, 0.717) is 6.04 Å². The number of nitrogens with zero attached hydrogens (tertiary/aromatic N) is 2. The number of hydrogen-bond donors (Lipinski definition) is 2. The van der Waals surface area contributed by atoms with Gasteiger partial charge in [0, 0.05) is 11.8 Å². The van der Waals surface area contributed by atoms with Gasteiger partial charge in [0.25, 0.3) is 0 Å². The Kier molecular flexibility index (Phi) is 3.40. The van der Waals surface area contributed by atoms with E-state index in [4.69, 9.17) is 0 Å². The van der Waals surface area contributed by atoms with E-state index in [1.807, 2.05) is 24.4 Å². The Labute approximate surface area is 113 Å². The highest BCUT2D eigenvalue weighted by Gasteiger charge is 2.18. The molecule has 1 aliphatic carbocycles. The van der Waals surface area contributed by atoms with Crippen LogP contribution < -0.4 is 5.32 Å². The first-order chi connectivity index (χ1) is 9.33. The van der Waals surface area contributed by atoms with E-state index in [1.165, 1.54) is 32.1 Å². The van der Waals surface area contributed by atoms with Crippen molar-refractivity contribution >= 4 is 11.5 Å². The normalized spacial score (nSPS) is 16.4. The van der Waals surface area contributed by atoms with E-state index >= 15 is 0 Å². The van der Waals surface area contributed by atoms with E-state index in [2.05, 4.69) is 15.1 Å². The molecular weight excluding hydrogens is 238 g/mol. The van der Waals surface area contributed by atoms with Gasteiger partial charge in [-0.1, -0.05) is 19.3 Å². The molecule has 0 amide bonds. The van der Waals surface area contributed by atoms with Gasteiger partial charge in [0.1, 0.15) is 11.6 Å². The second-order valence-corrected chi connectivity index (χ2v) is 5.12. The van der Waals surface area contributed by atoms with Crippen molar-refractivity contribution in [2.75, 3.05) is 5.32 Å². The minimum atomic E-state index is 0.284. The molecule has 19 heavy (non-hydrogen) atoms. The molecule has 1 saturated carbocycles. The van der Waals surface area contributed by atoms with Gasteiger partial charge in [-0.2, -0.15) is 5.10 Å². The van der Waals surface area contributed by atoms with Gasteiger partial charge in [-0.15, -0.1) is 0 Å². The van der Waals surface area contributed by atoms with Crippen molar-refractivity contribution < 1.29 is 5.11 Å². The van der Waals surface area contributed by atoms with Gasteiger partial charge < -0.3 is 10.4 Å². The molecule has 3 rings (SSSR count). The summed E-state index contributed by atoms with van der Waals surface area (Å²) in [5.41, 5.74) is 0.968. The van der Waals surface area contributed by atoms with E-state index in [0.717, 1.165) is 11.5 Å². The van der Waals surface area contributed by atoms with Gasteiger partial charge in [-0.3, -0.25) is 0 Å². The van der Waals surface area contributed by atoms with Crippen molar-refractivity contribution in [2.45, 2.75) is 38.1 Å². The van der Waals surface area contributed by atoms with E-state index in [1.54, 1.807) is 12.1 Å². The van der Waals surface area contributed by atoms with Crippen LogP contribution in [0.4, 0.5) is 11.5 Å². The third-order valence-electron chi connectivity index (χ3n) is 3.73. The fourth-order valence-electron chi connectivity index (χ4n) is 2.72. The molecular formula is C15H19N3O. The summed E-state index contributed by atoms with van der Waals surface area (Å²) in [6.45, 7) is 0. The standard InChI is InChI=1S/C15H19N3O/c19-14-8-6-12(7-9-14)17-15-10-11-16-18(15)13-4-2-1-3-5-13/h6-11,13,17,19H,1-5H2. The number of anilines is 2. The average molecular weight is 257 g/mol. The van der Waals surface area contributed by atoms with Gasteiger partial charge >= 0.3 is 0 Å². The smallest absolute Gasteiger partial charge is 0.128 e. The molecule has 2 aromatic rings. The van der Waals surface area contributed by atoms with Crippen LogP contribution in [0, 0.1) is 0 Å². The Hall–Kier alpha value is -1.97. The second kappa shape index (κ2) is 5.34. The number of hydrogen-bond acceptors (Lipinski definition) is 3. The summed E-state index contributed by atoms with van der Waals surface area (Å²) in [5.74, 6) is 1.31. The monoisotopic (exact) mass is 257 g/mol. The minimum absolute atomic E-state index is 0.284. The fraction of sp³-hybridized carbons (Fsp3) is 0.400. The minimum Gasteiger partial charge on any atom is -0.508 e. The Balaban J connectivity index is 1.77. The van der Waals surface area contributed by atoms with Crippen molar-refractivity contribution in [3.63, 3.8) is 0 Å². The molecule has 1 aliphatic rings. The first-order valence-electron chi connectivity index (χ1n) is 6.92. The number of phenols is 1. The Morgan fingerprint density at radius 3 is 2.53 bits per heavy atom. The molecule has 0 unspecified atom stereocenters. The zero-order valence-corrected chi connectivity index (χ0v) is 10.9. The van der Waals surface area contributed by atoms with Crippen LogP contribution in [0.1, 0.15) is 38.1 Å². The number of rotatable bonds is 3. The van der Waals surface area contributed by atoms with Gasteiger partial charge in [0.05, 0.1) is 12.2 Å². The lowest BCUT2D eigenvalue weighted by atomic mass is 9.96.